The Kier molecular flexibility index (Phi) is 5.06. The van der Waals surface area contributed by atoms with E-state index in [4.69, 9.17) is 4.74 Å². The molecule has 0 aliphatic rings. The van der Waals surface area contributed by atoms with Gasteiger partial charge in [-0.2, -0.15) is 0 Å². The molecular formula is C23H21N3O2. The highest BCUT2D eigenvalue weighted by molar-refractivity contribution is 6.06. The van der Waals surface area contributed by atoms with E-state index in [2.05, 4.69) is 27.4 Å². The zero-order valence-corrected chi connectivity index (χ0v) is 15.6. The molecule has 1 aromatic heterocycles. The molecule has 0 bridgehead atoms. The van der Waals surface area contributed by atoms with E-state index >= 15 is 0 Å². The summed E-state index contributed by atoms with van der Waals surface area (Å²) >= 11 is 0. The predicted molar refractivity (Wildman–Crippen MR) is 111 cm³/mol. The second-order valence-electron chi connectivity index (χ2n) is 6.56. The predicted octanol–water partition coefficient (Wildman–Crippen LogP) is 4.61. The van der Waals surface area contributed by atoms with E-state index in [1.54, 1.807) is 19.2 Å². The third kappa shape index (κ3) is 3.88. The Morgan fingerprint density at radius 3 is 2.61 bits per heavy atom. The summed E-state index contributed by atoms with van der Waals surface area (Å²) in [5.74, 6) is 1.28. The van der Waals surface area contributed by atoms with Crippen molar-refractivity contribution in [3.05, 3.63) is 89.7 Å². The molecule has 0 atom stereocenters. The molecule has 1 amide bonds. The lowest BCUT2D eigenvalue weighted by atomic mass is 10.1. The molecule has 0 aliphatic heterocycles. The molecule has 1 heterocycles. The van der Waals surface area contributed by atoms with Crippen LogP contribution in [0.4, 0.5) is 5.69 Å². The fraction of sp³-hybridized carbons (Fsp3) is 0.130. The Bertz CT molecular complexity index is 1100. The lowest BCUT2D eigenvalue weighted by molar-refractivity contribution is 0.102. The maximum Gasteiger partial charge on any atom is 0.259 e. The zero-order valence-electron chi connectivity index (χ0n) is 15.6. The first-order chi connectivity index (χ1) is 13.7. The highest BCUT2D eigenvalue weighted by Crippen LogP contribution is 2.22. The molecule has 28 heavy (non-hydrogen) atoms. The highest BCUT2D eigenvalue weighted by Gasteiger charge is 2.12. The van der Waals surface area contributed by atoms with Crippen molar-refractivity contribution in [2.75, 3.05) is 12.4 Å². The van der Waals surface area contributed by atoms with Gasteiger partial charge in [0.15, 0.2) is 0 Å². The first-order valence-corrected chi connectivity index (χ1v) is 9.20. The van der Waals surface area contributed by atoms with E-state index < -0.39 is 0 Å². The quantitative estimate of drug-likeness (QED) is 0.520. The molecule has 140 valence electrons. The topological polar surface area (TPSA) is 67.0 Å². The van der Waals surface area contributed by atoms with E-state index in [0.29, 0.717) is 17.0 Å². The molecule has 0 aliphatic carbocycles. The second-order valence-corrected chi connectivity index (χ2v) is 6.56. The number of carbonyl (C=O) groups excluding carboxylic acids is 1. The number of aryl methyl sites for hydroxylation is 2. The summed E-state index contributed by atoms with van der Waals surface area (Å²) in [6.07, 6.45) is 1.76. The maximum absolute atomic E-state index is 12.6. The fourth-order valence-corrected chi connectivity index (χ4v) is 3.20. The summed E-state index contributed by atoms with van der Waals surface area (Å²) in [6.45, 7) is 0. The Labute approximate surface area is 163 Å². The van der Waals surface area contributed by atoms with Gasteiger partial charge in [-0.3, -0.25) is 4.79 Å². The number of rotatable bonds is 6. The van der Waals surface area contributed by atoms with Crippen LogP contribution in [0.1, 0.15) is 21.7 Å². The molecule has 3 aromatic carbocycles. The van der Waals surface area contributed by atoms with Crippen molar-refractivity contribution < 1.29 is 9.53 Å². The van der Waals surface area contributed by atoms with Gasteiger partial charge >= 0.3 is 0 Å². The van der Waals surface area contributed by atoms with Gasteiger partial charge in [0.05, 0.1) is 23.7 Å². The molecule has 0 saturated carbocycles. The third-order valence-electron chi connectivity index (χ3n) is 4.63. The second kappa shape index (κ2) is 7.96. The molecule has 0 spiro atoms. The van der Waals surface area contributed by atoms with Crippen LogP contribution in [-0.2, 0) is 12.8 Å². The molecule has 0 radical (unpaired) electrons. The lowest BCUT2D eigenvalue weighted by Gasteiger charge is -2.09. The van der Waals surface area contributed by atoms with Gasteiger partial charge in [0, 0.05) is 12.1 Å². The number of para-hydroxylation sites is 1. The number of carbonyl (C=O) groups is 1. The number of nitrogens with one attached hydrogen (secondary N) is 2. The fourth-order valence-electron chi connectivity index (χ4n) is 3.20. The van der Waals surface area contributed by atoms with Crippen LogP contribution in [0, 0.1) is 0 Å². The molecule has 4 aromatic rings. The van der Waals surface area contributed by atoms with Crippen molar-refractivity contribution in [1.82, 2.24) is 9.97 Å². The summed E-state index contributed by atoms with van der Waals surface area (Å²) < 4.78 is 5.26. The minimum absolute atomic E-state index is 0.208. The van der Waals surface area contributed by atoms with Crippen LogP contribution in [0.25, 0.3) is 11.0 Å². The van der Waals surface area contributed by atoms with Gasteiger partial charge < -0.3 is 15.0 Å². The van der Waals surface area contributed by atoms with Crippen LogP contribution in [0.15, 0.2) is 72.8 Å². The number of imidazole rings is 1. The van der Waals surface area contributed by atoms with Gasteiger partial charge in [0.25, 0.3) is 5.91 Å². The van der Waals surface area contributed by atoms with Crippen molar-refractivity contribution in [2.24, 2.45) is 0 Å². The molecule has 0 unspecified atom stereocenters. The van der Waals surface area contributed by atoms with Crippen molar-refractivity contribution in [1.29, 1.82) is 0 Å². The number of aromatic amines is 1. The number of fused-ring (bicyclic) bond motifs is 1. The van der Waals surface area contributed by atoms with Crippen molar-refractivity contribution in [3.63, 3.8) is 0 Å². The third-order valence-corrected chi connectivity index (χ3v) is 4.63. The number of benzene rings is 3. The van der Waals surface area contributed by atoms with E-state index in [0.717, 1.165) is 29.7 Å². The van der Waals surface area contributed by atoms with Crippen LogP contribution >= 0.6 is 0 Å². The van der Waals surface area contributed by atoms with Gasteiger partial charge in [-0.1, -0.05) is 42.5 Å². The maximum atomic E-state index is 12.6. The van der Waals surface area contributed by atoms with E-state index in [9.17, 15) is 4.79 Å². The number of amides is 1. The first-order valence-electron chi connectivity index (χ1n) is 9.20. The Morgan fingerprint density at radius 1 is 1.00 bits per heavy atom. The van der Waals surface area contributed by atoms with E-state index in [1.807, 2.05) is 48.5 Å². The van der Waals surface area contributed by atoms with Crippen LogP contribution in [-0.4, -0.2) is 23.0 Å². The zero-order chi connectivity index (χ0) is 19.3. The first kappa shape index (κ1) is 17.8. The SMILES string of the molecule is COc1ccccc1C(=O)Nc1ccc2nc(CCc3ccccc3)[nH]c2c1. The van der Waals surface area contributed by atoms with Gasteiger partial charge in [0.1, 0.15) is 11.6 Å². The van der Waals surface area contributed by atoms with Crippen LogP contribution < -0.4 is 10.1 Å². The number of hydrogen-bond acceptors (Lipinski definition) is 3. The normalized spacial score (nSPS) is 10.8. The smallest absolute Gasteiger partial charge is 0.259 e. The lowest BCUT2D eigenvalue weighted by Crippen LogP contribution is -2.13. The molecule has 4 rings (SSSR count). The largest absolute Gasteiger partial charge is 0.496 e. The average Bonchev–Trinajstić information content (AvgIpc) is 3.15. The molecule has 0 saturated heterocycles. The standard InChI is InChI=1S/C23H21N3O2/c1-28-21-10-6-5-9-18(21)23(27)24-17-12-13-19-20(15-17)26-22(25-19)14-11-16-7-3-2-4-8-16/h2-10,12-13,15H,11,14H2,1H3,(H,24,27)(H,25,26). The minimum atomic E-state index is -0.208. The minimum Gasteiger partial charge on any atom is -0.496 e. The number of ether oxygens (including phenoxy) is 1. The molecule has 5 heteroatoms. The van der Waals surface area contributed by atoms with Gasteiger partial charge in [-0.05, 0) is 42.3 Å². The monoisotopic (exact) mass is 371 g/mol. The van der Waals surface area contributed by atoms with Gasteiger partial charge in [0.2, 0.25) is 0 Å². The van der Waals surface area contributed by atoms with E-state index in [1.165, 1.54) is 5.56 Å². The van der Waals surface area contributed by atoms with E-state index in [-0.39, 0.29) is 5.91 Å². The summed E-state index contributed by atoms with van der Waals surface area (Å²) in [5, 5.41) is 2.93. The van der Waals surface area contributed by atoms with Crippen molar-refractivity contribution >= 4 is 22.6 Å². The van der Waals surface area contributed by atoms with Crippen LogP contribution in [0.3, 0.4) is 0 Å². The van der Waals surface area contributed by atoms with Crippen LogP contribution in [0.5, 0.6) is 5.75 Å². The molecule has 5 nitrogen and oxygen atoms in total. The number of nitrogens with zero attached hydrogens (tertiary/aromatic N) is 1. The summed E-state index contributed by atoms with van der Waals surface area (Å²) in [7, 11) is 1.56. The summed E-state index contributed by atoms with van der Waals surface area (Å²) in [4.78, 5) is 20.6. The van der Waals surface area contributed by atoms with Gasteiger partial charge in [-0.25, -0.2) is 4.98 Å². The molecule has 2 N–H and O–H groups in total. The molecule has 0 fully saturated rings. The number of hydrogen-bond donors (Lipinski definition) is 2. The number of methoxy groups -OCH3 is 1. The van der Waals surface area contributed by atoms with Crippen LogP contribution in [0.2, 0.25) is 0 Å². The number of anilines is 1. The Hall–Kier alpha value is -3.60. The Morgan fingerprint density at radius 2 is 1.79 bits per heavy atom. The highest BCUT2D eigenvalue weighted by atomic mass is 16.5. The number of H-pyrrole nitrogens is 1. The summed E-state index contributed by atoms with van der Waals surface area (Å²) in [6, 6.07) is 23.2. The van der Waals surface area contributed by atoms with Crippen molar-refractivity contribution in [2.45, 2.75) is 12.8 Å². The number of aromatic nitrogens is 2. The van der Waals surface area contributed by atoms with Crippen molar-refractivity contribution in [3.8, 4) is 5.75 Å². The average molecular weight is 371 g/mol. The van der Waals surface area contributed by atoms with Gasteiger partial charge in [-0.15, -0.1) is 0 Å². The Balaban J connectivity index is 1.49. The summed E-state index contributed by atoms with van der Waals surface area (Å²) in [5.41, 5.74) is 4.28. The molecular weight excluding hydrogens is 350 g/mol.